The van der Waals surface area contributed by atoms with Crippen LogP contribution in [-0.2, 0) is 6.54 Å². The van der Waals surface area contributed by atoms with E-state index in [0.29, 0.717) is 23.6 Å². The molecule has 2 rings (SSSR count). The zero-order chi connectivity index (χ0) is 14.5. The summed E-state index contributed by atoms with van der Waals surface area (Å²) in [6, 6.07) is 7.17. The molecule has 0 aliphatic heterocycles. The largest absolute Gasteiger partial charge is 0.493 e. The van der Waals surface area contributed by atoms with Crippen molar-refractivity contribution < 1.29 is 14.3 Å². The van der Waals surface area contributed by atoms with Crippen LogP contribution in [0.25, 0.3) is 0 Å². The molecule has 0 aliphatic rings. The fourth-order valence-corrected chi connectivity index (χ4v) is 2.67. The molecule has 0 radical (unpaired) electrons. The Balaban J connectivity index is 2.07. The normalized spacial score (nSPS) is 10.2. The summed E-state index contributed by atoms with van der Waals surface area (Å²) < 4.78 is 10.3. The lowest BCUT2D eigenvalue weighted by Crippen LogP contribution is -2.22. The number of benzene rings is 1. The number of methoxy groups -OCH3 is 2. The van der Waals surface area contributed by atoms with Crippen LogP contribution in [0.2, 0.25) is 0 Å². The molecule has 0 bridgehead atoms. The third-order valence-corrected chi connectivity index (χ3v) is 4.05. The Kier molecular flexibility index (Phi) is 4.63. The maximum Gasteiger partial charge on any atom is 0.251 e. The van der Waals surface area contributed by atoms with E-state index in [1.807, 2.05) is 18.4 Å². The number of hydrogen-bond donors (Lipinski definition) is 1. The highest BCUT2D eigenvalue weighted by Gasteiger charge is 2.11. The zero-order valence-corrected chi connectivity index (χ0v) is 12.5. The average Bonchev–Trinajstić information content (AvgIpc) is 2.89. The number of hydrogen-bond acceptors (Lipinski definition) is 4. The number of rotatable bonds is 5. The molecule has 0 fully saturated rings. The van der Waals surface area contributed by atoms with Crippen LogP contribution in [0.3, 0.4) is 0 Å². The molecule has 106 valence electrons. The van der Waals surface area contributed by atoms with Crippen molar-refractivity contribution >= 4 is 17.2 Å². The third kappa shape index (κ3) is 3.11. The Morgan fingerprint density at radius 1 is 1.20 bits per heavy atom. The minimum absolute atomic E-state index is 0.126. The van der Waals surface area contributed by atoms with Gasteiger partial charge in [0, 0.05) is 10.4 Å². The van der Waals surface area contributed by atoms with Crippen LogP contribution in [0, 0.1) is 6.92 Å². The van der Waals surface area contributed by atoms with Crippen molar-refractivity contribution in [2.45, 2.75) is 13.5 Å². The van der Waals surface area contributed by atoms with Crippen LogP contribution < -0.4 is 14.8 Å². The Morgan fingerprint density at radius 3 is 2.55 bits per heavy atom. The predicted octanol–water partition coefficient (Wildman–Crippen LogP) is 3.00. The summed E-state index contributed by atoms with van der Waals surface area (Å²) in [5.41, 5.74) is 1.75. The molecule has 1 heterocycles. The second kappa shape index (κ2) is 6.43. The fraction of sp³-hybridized carbons (Fsp3) is 0.267. The van der Waals surface area contributed by atoms with Gasteiger partial charge in [-0.2, -0.15) is 0 Å². The minimum Gasteiger partial charge on any atom is -0.493 e. The van der Waals surface area contributed by atoms with E-state index in [9.17, 15) is 4.79 Å². The van der Waals surface area contributed by atoms with Gasteiger partial charge >= 0.3 is 0 Å². The van der Waals surface area contributed by atoms with Gasteiger partial charge < -0.3 is 14.8 Å². The van der Waals surface area contributed by atoms with Crippen LogP contribution in [0.4, 0.5) is 0 Å². The Bertz CT molecular complexity index is 607. The van der Waals surface area contributed by atoms with Crippen LogP contribution in [0.15, 0.2) is 29.6 Å². The Morgan fingerprint density at radius 2 is 1.95 bits per heavy atom. The van der Waals surface area contributed by atoms with Gasteiger partial charge in [-0.3, -0.25) is 4.79 Å². The topological polar surface area (TPSA) is 47.6 Å². The van der Waals surface area contributed by atoms with Gasteiger partial charge in [-0.15, -0.1) is 11.3 Å². The lowest BCUT2D eigenvalue weighted by molar-refractivity contribution is 0.0951. The van der Waals surface area contributed by atoms with Gasteiger partial charge in [0.15, 0.2) is 11.5 Å². The van der Waals surface area contributed by atoms with Gasteiger partial charge in [0.1, 0.15) is 0 Å². The van der Waals surface area contributed by atoms with Crippen LogP contribution in [0.5, 0.6) is 11.5 Å². The Labute approximate surface area is 122 Å². The van der Waals surface area contributed by atoms with Gasteiger partial charge in [0.05, 0.1) is 20.8 Å². The second-order valence-corrected chi connectivity index (χ2v) is 5.28. The lowest BCUT2D eigenvalue weighted by atomic mass is 10.2. The van der Waals surface area contributed by atoms with E-state index in [4.69, 9.17) is 9.47 Å². The van der Waals surface area contributed by atoms with E-state index >= 15 is 0 Å². The van der Waals surface area contributed by atoms with Crippen molar-refractivity contribution in [1.82, 2.24) is 5.32 Å². The quantitative estimate of drug-likeness (QED) is 0.921. The standard InChI is InChI=1S/C15H17NO3S/c1-10-6-7-20-14(10)9-16-15(17)11-4-5-12(18-2)13(8-11)19-3/h4-8H,9H2,1-3H3,(H,16,17). The van der Waals surface area contributed by atoms with E-state index in [0.717, 1.165) is 0 Å². The van der Waals surface area contributed by atoms with Crippen molar-refractivity contribution in [3.8, 4) is 11.5 Å². The minimum atomic E-state index is -0.126. The molecule has 0 saturated carbocycles. The number of nitrogens with one attached hydrogen (secondary N) is 1. The molecule has 0 spiro atoms. The molecule has 1 N–H and O–H groups in total. The average molecular weight is 291 g/mol. The van der Waals surface area contributed by atoms with Crippen LogP contribution in [0.1, 0.15) is 20.8 Å². The maximum atomic E-state index is 12.1. The lowest BCUT2D eigenvalue weighted by Gasteiger charge is -2.10. The molecule has 0 atom stereocenters. The summed E-state index contributed by atoms with van der Waals surface area (Å²) in [5.74, 6) is 1.03. The first-order chi connectivity index (χ1) is 9.65. The molecule has 1 aromatic carbocycles. The van der Waals surface area contributed by atoms with Crippen LogP contribution >= 0.6 is 11.3 Å². The van der Waals surface area contributed by atoms with Crippen LogP contribution in [-0.4, -0.2) is 20.1 Å². The summed E-state index contributed by atoms with van der Waals surface area (Å²) in [6.07, 6.45) is 0. The van der Waals surface area contributed by atoms with Crippen molar-refractivity contribution in [3.05, 3.63) is 45.6 Å². The predicted molar refractivity (Wildman–Crippen MR) is 79.8 cm³/mol. The molecule has 1 aromatic heterocycles. The number of aryl methyl sites for hydroxylation is 1. The van der Waals surface area contributed by atoms with Gasteiger partial charge in [0.2, 0.25) is 0 Å². The SMILES string of the molecule is COc1ccc(C(=O)NCc2sccc2C)cc1OC. The van der Waals surface area contributed by atoms with Gasteiger partial charge in [0.25, 0.3) is 5.91 Å². The highest BCUT2D eigenvalue weighted by atomic mass is 32.1. The van der Waals surface area contributed by atoms with Crippen molar-refractivity contribution in [2.75, 3.05) is 14.2 Å². The van der Waals surface area contributed by atoms with E-state index in [2.05, 4.69) is 5.32 Å². The molecule has 0 saturated heterocycles. The summed E-state index contributed by atoms with van der Waals surface area (Å²) in [4.78, 5) is 13.3. The molecular formula is C15H17NO3S. The van der Waals surface area contributed by atoms with Crippen molar-refractivity contribution in [3.63, 3.8) is 0 Å². The molecule has 4 nitrogen and oxygen atoms in total. The van der Waals surface area contributed by atoms with Crippen molar-refractivity contribution in [2.24, 2.45) is 0 Å². The highest BCUT2D eigenvalue weighted by Crippen LogP contribution is 2.27. The summed E-state index contributed by atoms with van der Waals surface area (Å²) in [7, 11) is 3.12. The van der Waals surface area contributed by atoms with Gasteiger partial charge in [-0.1, -0.05) is 0 Å². The van der Waals surface area contributed by atoms with E-state index in [1.165, 1.54) is 10.4 Å². The number of carbonyl (C=O) groups excluding carboxylic acids is 1. The zero-order valence-electron chi connectivity index (χ0n) is 11.7. The molecule has 20 heavy (non-hydrogen) atoms. The maximum absolute atomic E-state index is 12.1. The van der Waals surface area contributed by atoms with Gasteiger partial charge in [-0.05, 0) is 42.1 Å². The van der Waals surface area contributed by atoms with E-state index in [1.54, 1.807) is 43.8 Å². The number of amides is 1. The number of thiophene rings is 1. The summed E-state index contributed by atoms with van der Waals surface area (Å²) in [5, 5.41) is 4.93. The highest BCUT2D eigenvalue weighted by molar-refractivity contribution is 7.10. The van der Waals surface area contributed by atoms with Gasteiger partial charge in [-0.25, -0.2) is 0 Å². The molecule has 0 unspecified atom stereocenters. The third-order valence-electron chi connectivity index (χ3n) is 3.02. The van der Waals surface area contributed by atoms with E-state index < -0.39 is 0 Å². The molecular weight excluding hydrogens is 274 g/mol. The smallest absolute Gasteiger partial charge is 0.251 e. The summed E-state index contributed by atoms with van der Waals surface area (Å²) in [6.45, 7) is 2.57. The van der Waals surface area contributed by atoms with Crippen molar-refractivity contribution in [1.29, 1.82) is 0 Å². The first-order valence-corrected chi connectivity index (χ1v) is 7.07. The number of carbonyl (C=O) groups is 1. The molecule has 1 amide bonds. The van der Waals surface area contributed by atoms with E-state index in [-0.39, 0.29) is 5.91 Å². The Hall–Kier alpha value is -2.01. The molecule has 0 aliphatic carbocycles. The molecule has 5 heteroatoms. The first-order valence-electron chi connectivity index (χ1n) is 6.19. The molecule has 2 aromatic rings. The fourth-order valence-electron chi connectivity index (χ4n) is 1.83. The number of ether oxygens (including phenoxy) is 2. The first kappa shape index (κ1) is 14.4. The monoisotopic (exact) mass is 291 g/mol. The summed E-state index contributed by atoms with van der Waals surface area (Å²) >= 11 is 1.64. The second-order valence-electron chi connectivity index (χ2n) is 4.28.